The summed E-state index contributed by atoms with van der Waals surface area (Å²) in [5, 5.41) is 2.76. The summed E-state index contributed by atoms with van der Waals surface area (Å²) in [5.41, 5.74) is 2.33. The van der Waals surface area contributed by atoms with Crippen molar-refractivity contribution in [3.8, 4) is 5.75 Å². The Hall–Kier alpha value is -3.16. The van der Waals surface area contributed by atoms with E-state index in [-0.39, 0.29) is 18.0 Å². The molecule has 0 spiro atoms. The Kier molecular flexibility index (Phi) is 7.44. The normalized spacial score (nSPS) is 11.3. The van der Waals surface area contributed by atoms with Crippen LogP contribution in [0.2, 0.25) is 0 Å². The topological polar surface area (TPSA) is 75.7 Å². The number of hydrogen-bond donors (Lipinski definition) is 1. The van der Waals surface area contributed by atoms with Gasteiger partial charge in [0.15, 0.2) is 0 Å². The van der Waals surface area contributed by atoms with E-state index in [2.05, 4.69) is 5.32 Å². The van der Waals surface area contributed by atoms with Crippen molar-refractivity contribution in [2.45, 2.75) is 25.3 Å². The van der Waals surface area contributed by atoms with Gasteiger partial charge in [0.2, 0.25) is 15.9 Å². The number of rotatable bonds is 9. The van der Waals surface area contributed by atoms with E-state index in [1.54, 1.807) is 48.5 Å². The minimum absolute atomic E-state index is 0.0910. The lowest BCUT2D eigenvalue weighted by Gasteiger charge is -2.22. The van der Waals surface area contributed by atoms with Gasteiger partial charge in [-0.25, -0.2) is 8.42 Å². The highest BCUT2D eigenvalue weighted by Crippen LogP contribution is 2.20. The number of benzene rings is 3. The molecule has 6 nitrogen and oxygen atoms in total. The fourth-order valence-corrected chi connectivity index (χ4v) is 4.42. The number of carbonyl (C=O) groups excluding carboxylic acids is 1. The molecule has 0 atom stereocenters. The third-order valence-corrected chi connectivity index (χ3v) is 6.44. The monoisotopic (exact) mass is 438 g/mol. The summed E-state index contributed by atoms with van der Waals surface area (Å²) in [6, 6.07) is 22.8. The number of ether oxygens (including phenoxy) is 1. The Bertz CT molecular complexity index is 1100. The van der Waals surface area contributed by atoms with Gasteiger partial charge in [0.05, 0.1) is 18.0 Å². The molecule has 0 fully saturated rings. The van der Waals surface area contributed by atoms with Gasteiger partial charge in [0, 0.05) is 12.2 Å². The fourth-order valence-electron chi connectivity index (χ4n) is 3.03. The number of hydrogen-bond acceptors (Lipinski definition) is 4. The maximum Gasteiger partial charge on any atom is 0.243 e. The van der Waals surface area contributed by atoms with E-state index in [0.29, 0.717) is 18.0 Å². The molecule has 0 saturated carbocycles. The number of nitrogens with zero attached hydrogens (tertiary/aromatic N) is 1. The zero-order valence-corrected chi connectivity index (χ0v) is 18.4. The van der Waals surface area contributed by atoms with E-state index >= 15 is 0 Å². The molecule has 0 bridgehead atoms. The van der Waals surface area contributed by atoms with E-state index in [1.807, 2.05) is 44.2 Å². The molecular formula is C24H26N2O4S. The number of amides is 1. The third kappa shape index (κ3) is 6.16. The molecule has 0 aliphatic rings. The van der Waals surface area contributed by atoms with Crippen LogP contribution in [0.25, 0.3) is 0 Å². The second-order valence-electron chi connectivity index (χ2n) is 7.08. The minimum Gasteiger partial charge on any atom is -0.494 e. The van der Waals surface area contributed by atoms with Gasteiger partial charge in [0.1, 0.15) is 5.75 Å². The lowest BCUT2D eigenvalue weighted by Crippen LogP contribution is -2.37. The molecule has 3 aromatic carbocycles. The molecular weight excluding hydrogens is 412 g/mol. The predicted octanol–water partition coefficient (Wildman–Crippen LogP) is 4.22. The van der Waals surface area contributed by atoms with Gasteiger partial charge in [-0.15, -0.1) is 0 Å². The molecule has 0 saturated heterocycles. The van der Waals surface area contributed by atoms with E-state index in [4.69, 9.17) is 4.74 Å². The SMILES string of the molecule is CCOc1ccc(NC(=O)CN(Cc2ccccc2)S(=O)(=O)c2ccc(C)cc2)cc1. The van der Waals surface area contributed by atoms with Crippen LogP contribution in [0.3, 0.4) is 0 Å². The van der Waals surface area contributed by atoms with E-state index in [1.165, 1.54) is 4.31 Å². The second-order valence-corrected chi connectivity index (χ2v) is 9.02. The van der Waals surface area contributed by atoms with Crippen LogP contribution >= 0.6 is 0 Å². The van der Waals surface area contributed by atoms with Gasteiger partial charge in [-0.3, -0.25) is 4.79 Å². The van der Waals surface area contributed by atoms with Crippen LogP contribution in [0.4, 0.5) is 5.69 Å². The molecule has 0 aliphatic heterocycles. The number of carbonyl (C=O) groups is 1. The van der Waals surface area contributed by atoms with Crippen molar-refractivity contribution in [1.82, 2.24) is 4.31 Å². The second kappa shape index (κ2) is 10.2. The Morgan fingerprint density at radius 2 is 1.58 bits per heavy atom. The first-order valence-corrected chi connectivity index (χ1v) is 11.5. The van der Waals surface area contributed by atoms with Crippen molar-refractivity contribution < 1.29 is 17.9 Å². The van der Waals surface area contributed by atoms with Crippen molar-refractivity contribution in [2.24, 2.45) is 0 Å². The first kappa shape index (κ1) is 22.5. The summed E-state index contributed by atoms with van der Waals surface area (Å²) in [4.78, 5) is 12.9. The van der Waals surface area contributed by atoms with Crippen LogP contribution < -0.4 is 10.1 Å². The zero-order valence-electron chi connectivity index (χ0n) is 17.6. The molecule has 0 heterocycles. The van der Waals surface area contributed by atoms with Gasteiger partial charge < -0.3 is 10.1 Å². The van der Waals surface area contributed by atoms with Gasteiger partial charge in [-0.1, -0.05) is 48.0 Å². The van der Waals surface area contributed by atoms with Crippen LogP contribution in [0.15, 0.2) is 83.8 Å². The summed E-state index contributed by atoms with van der Waals surface area (Å²) < 4.78 is 33.2. The minimum atomic E-state index is -3.86. The average molecular weight is 439 g/mol. The van der Waals surface area contributed by atoms with Gasteiger partial charge >= 0.3 is 0 Å². The predicted molar refractivity (Wildman–Crippen MR) is 121 cm³/mol. The Morgan fingerprint density at radius 3 is 2.19 bits per heavy atom. The van der Waals surface area contributed by atoms with Crippen molar-refractivity contribution in [3.05, 3.63) is 90.0 Å². The lowest BCUT2D eigenvalue weighted by molar-refractivity contribution is -0.116. The molecule has 31 heavy (non-hydrogen) atoms. The Balaban J connectivity index is 1.80. The zero-order chi connectivity index (χ0) is 22.3. The number of nitrogens with one attached hydrogen (secondary N) is 1. The smallest absolute Gasteiger partial charge is 0.243 e. The number of anilines is 1. The molecule has 1 N–H and O–H groups in total. The molecule has 0 aliphatic carbocycles. The Labute approximate surface area is 183 Å². The third-order valence-electron chi connectivity index (χ3n) is 4.63. The number of aryl methyl sites for hydroxylation is 1. The highest BCUT2D eigenvalue weighted by Gasteiger charge is 2.27. The fraction of sp³-hybridized carbons (Fsp3) is 0.208. The molecule has 0 unspecified atom stereocenters. The van der Waals surface area contributed by atoms with E-state index in [0.717, 1.165) is 11.1 Å². The molecule has 7 heteroatoms. The van der Waals surface area contributed by atoms with E-state index < -0.39 is 15.9 Å². The van der Waals surface area contributed by atoms with Crippen LogP contribution in [0.5, 0.6) is 5.75 Å². The maximum atomic E-state index is 13.3. The molecule has 162 valence electrons. The van der Waals surface area contributed by atoms with Crippen LogP contribution in [0.1, 0.15) is 18.1 Å². The first-order chi connectivity index (χ1) is 14.9. The van der Waals surface area contributed by atoms with Crippen molar-refractivity contribution in [1.29, 1.82) is 0 Å². The summed E-state index contributed by atoms with van der Waals surface area (Å²) in [6.07, 6.45) is 0. The van der Waals surface area contributed by atoms with E-state index in [9.17, 15) is 13.2 Å². The summed E-state index contributed by atoms with van der Waals surface area (Å²) in [6.45, 7) is 4.12. The summed E-state index contributed by atoms with van der Waals surface area (Å²) >= 11 is 0. The first-order valence-electron chi connectivity index (χ1n) is 10.0. The van der Waals surface area contributed by atoms with Gasteiger partial charge in [0.25, 0.3) is 0 Å². The molecule has 3 rings (SSSR count). The van der Waals surface area contributed by atoms with Crippen molar-refractivity contribution >= 4 is 21.6 Å². The summed E-state index contributed by atoms with van der Waals surface area (Å²) in [7, 11) is -3.86. The highest BCUT2D eigenvalue weighted by atomic mass is 32.2. The van der Waals surface area contributed by atoms with Gasteiger partial charge in [-0.2, -0.15) is 4.31 Å². The van der Waals surface area contributed by atoms with Crippen LogP contribution in [-0.4, -0.2) is 31.8 Å². The van der Waals surface area contributed by atoms with Crippen LogP contribution in [-0.2, 0) is 21.4 Å². The van der Waals surface area contributed by atoms with Crippen molar-refractivity contribution in [2.75, 3.05) is 18.5 Å². The average Bonchev–Trinajstić information content (AvgIpc) is 2.76. The summed E-state index contributed by atoms with van der Waals surface area (Å²) in [5.74, 6) is 0.281. The maximum absolute atomic E-state index is 13.3. The molecule has 3 aromatic rings. The Morgan fingerprint density at radius 1 is 0.935 bits per heavy atom. The van der Waals surface area contributed by atoms with Gasteiger partial charge in [-0.05, 0) is 55.8 Å². The number of sulfonamides is 1. The lowest BCUT2D eigenvalue weighted by atomic mass is 10.2. The standard InChI is InChI=1S/C24H26N2O4S/c1-3-30-22-13-11-21(12-14-22)25-24(27)18-26(17-20-7-5-4-6-8-20)31(28,29)23-15-9-19(2)10-16-23/h4-16H,3,17-18H2,1-2H3,(H,25,27). The molecule has 0 aromatic heterocycles. The quantitative estimate of drug-likeness (QED) is 0.543. The molecule has 1 amide bonds. The van der Waals surface area contributed by atoms with Crippen LogP contribution in [0, 0.1) is 6.92 Å². The largest absolute Gasteiger partial charge is 0.494 e. The van der Waals surface area contributed by atoms with Crippen molar-refractivity contribution in [3.63, 3.8) is 0 Å². The highest BCUT2D eigenvalue weighted by molar-refractivity contribution is 7.89. The molecule has 0 radical (unpaired) electrons.